The zero-order valence-corrected chi connectivity index (χ0v) is 12.1. The Bertz CT molecular complexity index is 580. The van der Waals surface area contributed by atoms with Crippen molar-refractivity contribution in [3.8, 4) is 5.75 Å². The fourth-order valence-corrected chi connectivity index (χ4v) is 2.49. The highest BCUT2D eigenvalue weighted by molar-refractivity contribution is 5.91. The van der Waals surface area contributed by atoms with Crippen molar-refractivity contribution in [1.82, 2.24) is 0 Å². The maximum absolute atomic E-state index is 10.3. The molecule has 0 saturated heterocycles. The number of aromatic hydroxyl groups is 1. The first-order valence-electron chi connectivity index (χ1n) is 7.15. The Morgan fingerprint density at radius 2 is 1.65 bits per heavy atom. The van der Waals surface area contributed by atoms with Crippen molar-refractivity contribution >= 4 is 10.8 Å². The van der Waals surface area contributed by atoms with Crippen LogP contribution in [0.4, 0.5) is 0 Å². The molecule has 2 aromatic rings. The summed E-state index contributed by atoms with van der Waals surface area (Å²) in [6, 6.07) is 10.6. The van der Waals surface area contributed by atoms with Gasteiger partial charge in [-0.1, -0.05) is 44.2 Å². The van der Waals surface area contributed by atoms with Crippen LogP contribution < -0.4 is 5.73 Å². The summed E-state index contributed by atoms with van der Waals surface area (Å²) < 4.78 is 0. The maximum Gasteiger partial charge on any atom is 0.123 e. The van der Waals surface area contributed by atoms with Gasteiger partial charge in [-0.2, -0.15) is 0 Å². The molecule has 0 unspecified atom stereocenters. The van der Waals surface area contributed by atoms with Gasteiger partial charge in [0.05, 0.1) is 12.1 Å². The highest BCUT2D eigenvalue weighted by Gasteiger charge is 2.19. The van der Waals surface area contributed by atoms with E-state index in [0.717, 1.165) is 22.8 Å². The Morgan fingerprint density at radius 3 is 2.30 bits per heavy atom. The second-order valence-corrected chi connectivity index (χ2v) is 5.78. The number of phenolic OH excluding ortho intramolecular Hbond substituents is 1. The molecule has 0 saturated carbocycles. The van der Waals surface area contributed by atoms with Crippen LogP contribution in [0.1, 0.15) is 38.3 Å². The molecule has 0 aliphatic rings. The van der Waals surface area contributed by atoms with E-state index in [1.165, 1.54) is 0 Å². The van der Waals surface area contributed by atoms with E-state index in [4.69, 9.17) is 5.73 Å². The predicted octanol–water partition coefficient (Wildman–Crippen LogP) is 3.34. The number of fused-ring (bicyclic) bond motifs is 1. The van der Waals surface area contributed by atoms with Crippen LogP contribution in [0.3, 0.4) is 0 Å². The first kappa shape index (κ1) is 14.8. The molecule has 2 rings (SSSR count). The molecule has 0 radical (unpaired) electrons. The summed E-state index contributed by atoms with van der Waals surface area (Å²) in [5.74, 6) is 0.793. The number of rotatable bonds is 5. The number of benzene rings is 2. The Hall–Kier alpha value is -1.58. The molecule has 0 fully saturated rings. The van der Waals surface area contributed by atoms with Crippen molar-refractivity contribution in [3.63, 3.8) is 0 Å². The van der Waals surface area contributed by atoms with Gasteiger partial charge in [0.2, 0.25) is 0 Å². The van der Waals surface area contributed by atoms with Gasteiger partial charge in [0.15, 0.2) is 0 Å². The summed E-state index contributed by atoms with van der Waals surface area (Å²) in [4.78, 5) is 0. The molecular formula is C17H23NO2. The van der Waals surface area contributed by atoms with E-state index < -0.39 is 12.1 Å². The van der Waals surface area contributed by atoms with Gasteiger partial charge in [0.1, 0.15) is 5.75 Å². The lowest BCUT2D eigenvalue weighted by molar-refractivity contribution is 0.129. The third-order valence-electron chi connectivity index (χ3n) is 3.75. The van der Waals surface area contributed by atoms with Gasteiger partial charge in [-0.05, 0) is 35.8 Å². The number of aliphatic hydroxyl groups is 1. The fourth-order valence-electron chi connectivity index (χ4n) is 2.49. The summed E-state index contributed by atoms with van der Waals surface area (Å²) in [5.41, 5.74) is 7.09. The zero-order valence-electron chi connectivity index (χ0n) is 12.1. The number of hydrogen-bond acceptors (Lipinski definition) is 3. The summed E-state index contributed by atoms with van der Waals surface area (Å²) in [5, 5.41) is 21.8. The standard InChI is InChI=1S/C17H23NO2/c1-11(2)7-9-16(20)17(18)14-8-10-15(19)13-6-4-3-5-12(13)14/h3-6,8,10-11,16-17,19-20H,7,9,18H2,1-2H3/t16-,17+/m1/s1. The van der Waals surface area contributed by atoms with Crippen molar-refractivity contribution in [2.45, 2.75) is 38.8 Å². The third-order valence-corrected chi connectivity index (χ3v) is 3.75. The van der Waals surface area contributed by atoms with E-state index in [2.05, 4.69) is 13.8 Å². The van der Waals surface area contributed by atoms with E-state index in [9.17, 15) is 10.2 Å². The molecule has 0 heterocycles. The zero-order chi connectivity index (χ0) is 14.7. The van der Waals surface area contributed by atoms with E-state index >= 15 is 0 Å². The minimum Gasteiger partial charge on any atom is -0.507 e. The number of hydrogen-bond donors (Lipinski definition) is 3. The first-order chi connectivity index (χ1) is 9.50. The smallest absolute Gasteiger partial charge is 0.123 e. The Labute approximate surface area is 120 Å². The van der Waals surface area contributed by atoms with Crippen molar-refractivity contribution in [2.75, 3.05) is 0 Å². The molecule has 0 aliphatic carbocycles. The molecule has 4 N–H and O–H groups in total. The van der Waals surface area contributed by atoms with E-state index in [1.807, 2.05) is 24.3 Å². The molecule has 0 aromatic heterocycles. The summed E-state index contributed by atoms with van der Waals surface area (Å²) in [6.45, 7) is 4.27. The molecule has 3 heteroatoms. The Kier molecular flexibility index (Phi) is 4.63. The molecule has 20 heavy (non-hydrogen) atoms. The van der Waals surface area contributed by atoms with Gasteiger partial charge in [0.25, 0.3) is 0 Å². The van der Waals surface area contributed by atoms with Crippen LogP contribution in [0.15, 0.2) is 36.4 Å². The van der Waals surface area contributed by atoms with E-state index in [0.29, 0.717) is 12.3 Å². The molecule has 0 spiro atoms. The molecular weight excluding hydrogens is 250 g/mol. The minimum absolute atomic E-state index is 0.244. The number of phenols is 1. The third kappa shape index (κ3) is 3.11. The van der Waals surface area contributed by atoms with Crippen LogP contribution in [0.25, 0.3) is 10.8 Å². The normalized spacial score (nSPS) is 14.7. The molecule has 0 bridgehead atoms. The topological polar surface area (TPSA) is 66.5 Å². The quantitative estimate of drug-likeness (QED) is 0.782. The van der Waals surface area contributed by atoms with Gasteiger partial charge >= 0.3 is 0 Å². The highest BCUT2D eigenvalue weighted by atomic mass is 16.3. The van der Waals surface area contributed by atoms with Gasteiger partial charge in [-0.15, -0.1) is 0 Å². The summed E-state index contributed by atoms with van der Waals surface area (Å²) in [6.07, 6.45) is 1.07. The number of aliphatic hydroxyl groups excluding tert-OH is 1. The summed E-state index contributed by atoms with van der Waals surface area (Å²) in [7, 11) is 0. The lowest BCUT2D eigenvalue weighted by Gasteiger charge is -2.21. The van der Waals surface area contributed by atoms with Crippen LogP contribution >= 0.6 is 0 Å². The van der Waals surface area contributed by atoms with Crippen LogP contribution in [0, 0.1) is 5.92 Å². The van der Waals surface area contributed by atoms with Gasteiger partial charge in [-0.25, -0.2) is 0 Å². The Morgan fingerprint density at radius 1 is 1.00 bits per heavy atom. The lowest BCUT2D eigenvalue weighted by atomic mass is 9.92. The second-order valence-electron chi connectivity index (χ2n) is 5.78. The minimum atomic E-state index is -0.564. The van der Waals surface area contributed by atoms with Gasteiger partial charge in [0, 0.05) is 5.39 Å². The van der Waals surface area contributed by atoms with Crippen molar-refractivity contribution in [1.29, 1.82) is 0 Å². The highest BCUT2D eigenvalue weighted by Crippen LogP contribution is 2.32. The number of nitrogens with two attached hydrogens (primary N) is 1. The monoisotopic (exact) mass is 273 g/mol. The molecule has 2 atom stereocenters. The molecule has 108 valence electrons. The lowest BCUT2D eigenvalue weighted by Crippen LogP contribution is -2.26. The van der Waals surface area contributed by atoms with E-state index in [1.54, 1.807) is 12.1 Å². The van der Waals surface area contributed by atoms with Crippen molar-refractivity contribution in [3.05, 3.63) is 42.0 Å². The van der Waals surface area contributed by atoms with Crippen LogP contribution in [0.2, 0.25) is 0 Å². The van der Waals surface area contributed by atoms with Crippen molar-refractivity contribution in [2.24, 2.45) is 11.7 Å². The average molecular weight is 273 g/mol. The van der Waals surface area contributed by atoms with Gasteiger partial charge in [-0.3, -0.25) is 0 Å². The predicted molar refractivity (Wildman–Crippen MR) is 82.6 cm³/mol. The SMILES string of the molecule is CC(C)CC[C@@H](O)[C@@H](N)c1ccc(O)c2ccccc12. The maximum atomic E-state index is 10.3. The van der Waals surface area contributed by atoms with Crippen LogP contribution in [-0.4, -0.2) is 16.3 Å². The average Bonchev–Trinajstić information content (AvgIpc) is 2.44. The molecule has 0 aliphatic heterocycles. The van der Waals surface area contributed by atoms with Crippen LogP contribution in [0.5, 0.6) is 5.75 Å². The molecule has 3 nitrogen and oxygen atoms in total. The van der Waals surface area contributed by atoms with Gasteiger partial charge < -0.3 is 15.9 Å². The van der Waals surface area contributed by atoms with Crippen LogP contribution in [-0.2, 0) is 0 Å². The molecule has 0 amide bonds. The first-order valence-corrected chi connectivity index (χ1v) is 7.15. The fraction of sp³-hybridized carbons (Fsp3) is 0.412. The van der Waals surface area contributed by atoms with E-state index in [-0.39, 0.29) is 5.75 Å². The summed E-state index contributed by atoms with van der Waals surface area (Å²) >= 11 is 0. The second kappa shape index (κ2) is 6.25. The van der Waals surface area contributed by atoms with Crippen molar-refractivity contribution < 1.29 is 10.2 Å². The largest absolute Gasteiger partial charge is 0.507 e. The molecule has 2 aromatic carbocycles. The Balaban J connectivity index is 2.30.